The van der Waals surface area contributed by atoms with Gasteiger partial charge in [0.25, 0.3) is 11.8 Å². The maximum atomic E-state index is 13.1. The van der Waals surface area contributed by atoms with Crippen LogP contribution >= 0.6 is 0 Å². The minimum absolute atomic E-state index is 0.0719. The van der Waals surface area contributed by atoms with E-state index in [1.165, 1.54) is 29.4 Å². The van der Waals surface area contributed by atoms with Gasteiger partial charge in [0, 0.05) is 38.1 Å². The summed E-state index contributed by atoms with van der Waals surface area (Å²) in [4.78, 5) is 40.5. The van der Waals surface area contributed by atoms with Crippen molar-refractivity contribution in [2.75, 3.05) is 13.1 Å². The summed E-state index contributed by atoms with van der Waals surface area (Å²) in [6.45, 7) is 4.28. The molecule has 0 atom stereocenters. The van der Waals surface area contributed by atoms with E-state index in [0.717, 1.165) is 37.8 Å². The molecule has 0 unspecified atom stereocenters. The highest BCUT2D eigenvalue weighted by Crippen LogP contribution is 2.30. The van der Waals surface area contributed by atoms with Crippen molar-refractivity contribution in [1.82, 2.24) is 14.8 Å². The third-order valence-electron chi connectivity index (χ3n) is 6.02. The zero-order valence-electron chi connectivity index (χ0n) is 18.7. The number of hydrogen-bond donors (Lipinski definition) is 1. The minimum atomic E-state index is -4.49. The number of rotatable bonds is 7. The van der Waals surface area contributed by atoms with E-state index in [-0.39, 0.29) is 29.3 Å². The molecule has 1 heterocycles. The summed E-state index contributed by atoms with van der Waals surface area (Å²) < 4.78 is 40.6. The van der Waals surface area contributed by atoms with E-state index in [9.17, 15) is 27.6 Å². The van der Waals surface area contributed by atoms with Crippen LogP contribution in [0.25, 0.3) is 0 Å². The van der Waals surface area contributed by atoms with Crippen LogP contribution < -0.4 is 10.7 Å². The molecule has 2 amide bonds. The van der Waals surface area contributed by atoms with Crippen molar-refractivity contribution >= 4 is 11.8 Å². The molecule has 3 rings (SSSR count). The van der Waals surface area contributed by atoms with E-state index in [4.69, 9.17) is 0 Å². The van der Waals surface area contributed by atoms with Gasteiger partial charge in [0.1, 0.15) is 11.1 Å². The fraction of sp³-hybridized carbons (Fsp3) is 0.458. The van der Waals surface area contributed by atoms with Crippen molar-refractivity contribution in [3.63, 3.8) is 0 Å². The lowest BCUT2D eigenvalue weighted by molar-refractivity contribution is -0.137. The highest BCUT2D eigenvalue weighted by atomic mass is 19.4. The first kappa shape index (κ1) is 24.5. The van der Waals surface area contributed by atoms with Gasteiger partial charge in [-0.2, -0.15) is 13.2 Å². The second-order valence-electron chi connectivity index (χ2n) is 8.16. The first-order chi connectivity index (χ1) is 15.7. The van der Waals surface area contributed by atoms with Crippen LogP contribution in [0.4, 0.5) is 13.2 Å². The summed E-state index contributed by atoms with van der Waals surface area (Å²) in [6, 6.07) is 4.72. The molecule has 0 spiro atoms. The van der Waals surface area contributed by atoms with E-state index >= 15 is 0 Å². The lowest BCUT2D eigenvalue weighted by atomic mass is 10.1. The van der Waals surface area contributed by atoms with Gasteiger partial charge in [0.15, 0.2) is 0 Å². The normalized spacial score (nSPS) is 14.3. The van der Waals surface area contributed by atoms with Crippen LogP contribution in [0.15, 0.2) is 41.5 Å². The van der Waals surface area contributed by atoms with Gasteiger partial charge < -0.3 is 14.8 Å². The van der Waals surface area contributed by atoms with Crippen molar-refractivity contribution in [2.24, 2.45) is 0 Å². The average molecular weight is 464 g/mol. The number of nitrogens with one attached hydrogen (secondary N) is 1. The Morgan fingerprint density at radius 3 is 2.33 bits per heavy atom. The molecule has 2 aromatic rings. The third kappa shape index (κ3) is 5.64. The van der Waals surface area contributed by atoms with Crippen LogP contribution in [-0.2, 0) is 12.7 Å². The summed E-state index contributed by atoms with van der Waals surface area (Å²) in [5.41, 5.74) is -1.50. The highest BCUT2D eigenvalue weighted by molar-refractivity contribution is 5.99. The monoisotopic (exact) mass is 463 g/mol. The molecule has 33 heavy (non-hydrogen) atoms. The van der Waals surface area contributed by atoms with Crippen LogP contribution in [0.1, 0.15) is 77.4 Å². The molecule has 1 aromatic heterocycles. The van der Waals surface area contributed by atoms with Gasteiger partial charge in [0.2, 0.25) is 5.43 Å². The predicted molar refractivity (Wildman–Crippen MR) is 118 cm³/mol. The number of amides is 2. The summed E-state index contributed by atoms with van der Waals surface area (Å²) >= 11 is 0. The van der Waals surface area contributed by atoms with E-state index in [0.29, 0.717) is 13.1 Å². The van der Waals surface area contributed by atoms with Crippen molar-refractivity contribution in [3.05, 3.63) is 69.1 Å². The summed E-state index contributed by atoms with van der Waals surface area (Å²) in [6.07, 6.45) is 2.30. The Bertz CT molecular complexity index is 1070. The van der Waals surface area contributed by atoms with Crippen LogP contribution in [0, 0.1) is 0 Å². The van der Waals surface area contributed by atoms with Gasteiger partial charge in [-0.3, -0.25) is 14.4 Å². The second kappa shape index (κ2) is 10.2. The summed E-state index contributed by atoms with van der Waals surface area (Å²) in [5.74, 6) is -1.16. The largest absolute Gasteiger partial charge is 0.416 e. The quantitative estimate of drug-likeness (QED) is 0.662. The standard InChI is InChI=1S/C24H28F3N3O3/c1-3-29(4-2)23(33)20-15-30(18-10-5-6-11-18)14-19(21(20)31)22(32)28-13-16-8-7-9-17(12-16)24(25,26)27/h7-9,12,14-15,18H,3-6,10-11,13H2,1-2H3,(H,28,32). The molecule has 6 nitrogen and oxygen atoms in total. The van der Waals surface area contributed by atoms with E-state index in [1.54, 1.807) is 4.57 Å². The first-order valence-corrected chi connectivity index (χ1v) is 11.1. The summed E-state index contributed by atoms with van der Waals surface area (Å²) in [5, 5.41) is 2.53. The third-order valence-corrected chi connectivity index (χ3v) is 6.02. The molecule has 1 N–H and O–H groups in total. The lowest BCUT2D eigenvalue weighted by Gasteiger charge is -2.21. The molecule has 0 bridgehead atoms. The molecule has 1 saturated carbocycles. The molecule has 1 aliphatic rings. The lowest BCUT2D eigenvalue weighted by Crippen LogP contribution is -2.38. The Morgan fingerprint density at radius 2 is 1.73 bits per heavy atom. The maximum Gasteiger partial charge on any atom is 0.416 e. The summed E-state index contributed by atoms with van der Waals surface area (Å²) in [7, 11) is 0. The zero-order valence-corrected chi connectivity index (χ0v) is 18.7. The molecular formula is C24H28F3N3O3. The molecule has 9 heteroatoms. The zero-order chi connectivity index (χ0) is 24.2. The Kier molecular flexibility index (Phi) is 7.61. The predicted octanol–water partition coefficient (Wildman–Crippen LogP) is 4.39. The fourth-order valence-electron chi connectivity index (χ4n) is 4.14. The van der Waals surface area contributed by atoms with Gasteiger partial charge >= 0.3 is 6.18 Å². The molecule has 0 radical (unpaired) electrons. The van der Waals surface area contributed by atoms with Gasteiger partial charge in [-0.15, -0.1) is 0 Å². The Balaban J connectivity index is 1.91. The molecule has 178 valence electrons. The number of halogens is 3. The molecule has 1 aromatic carbocycles. The highest BCUT2D eigenvalue weighted by Gasteiger charge is 2.30. The topological polar surface area (TPSA) is 71.4 Å². The van der Waals surface area contributed by atoms with Gasteiger partial charge in [-0.1, -0.05) is 25.0 Å². The van der Waals surface area contributed by atoms with Crippen LogP contribution in [0.3, 0.4) is 0 Å². The molecule has 1 fully saturated rings. The SMILES string of the molecule is CCN(CC)C(=O)c1cn(C2CCCC2)cc(C(=O)NCc2cccc(C(F)(F)F)c2)c1=O. The van der Waals surface area contributed by atoms with Gasteiger partial charge in [0.05, 0.1) is 5.56 Å². The first-order valence-electron chi connectivity index (χ1n) is 11.1. The smallest absolute Gasteiger partial charge is 0.349 e. The van der Waals surface area contributed by atoms with Crippen molar-refractivity contribution in [1.29, 1.82) is 0 Å². The molecular weight excluding hydrogens is 435 g/mol. The number of alkyl halides is 3. The van der Waals surface area contributed by atoms with E-state index < -0.39 is 29.0 Å². The number of nitrogens with zero attached hydrogens (tertiary/aromatic N) is 2. The minimum Gasteiger partial charge on any atom is -0.349 e. The van der Waals surface area contributed by atoms with Gasteiger partial charge in [-0.25, -0.2) is 0 Å². The maximum absolute atomic E-state index is 13.1. The fourth-order valence-corrected chi connectivity index (χ4v) is 4.14. The average Bonchev–Trinajstić information content (AvgIpc) is 3.33. The molecule has 0 saturated heterocycles. The number of hydrogen-bond acceptors (Lipinski definition) is 3. The Morgan fingerprint density at radius 1 is 1.09 bits per heavy atom. The van der Waals surface area contributed by atoms with Crippen LogP contribution in [0.2, 0.25) is 0 Å². The Labute approximate surface area is 190 Å². The van der Waals surface area contributed by atoms with Crippen LogP contribution in [0.5, 0.6) is 0 Å². The molecule has 0 aliphatic heterocycles. The van der Waals surface area contributed by atoms with E-state index in [1.807, 2.05) is 13.8 Å². The van der Waals surface area contributed by atoms with Crippen molar-refractivity contribution in [3.8, 4) is 0 Å². The van der Waals surface area contributed by atoms with Crippen molar-refractivity contribution < 1.29 is 22.8 Å². The molecule has 1 aliphatic carbocycles. The Hall–Kier alpha value is -3.10. The number of aromatic nitrogens is 1. The number of carbonyl (C=O) groups is 2. The number of carbonyl (C=O) groups excluding carboxylic acids is 2. The number of pyridine rings is 1. The van der Waals surface area contributed by atoms with Crippen molar-refractivity contribution in [2.45, 2.75) is 58.3 Å². The number of benzene rings is 1. The van der Waals surface area contributed by atoms with E-state index in [2.05, 4.69) is 5.32 Å². The van der Waals surface area contributed by atoms with Gasteiger partial charge in [-0.05, 0) is 44.4 Å². The second-order valence-corrected chi connectivity index (χ2v) is 8.16. The van der Waals surface area contributed by atoms with Crippen LogP contribution in [-0.4, -0.2) is 34.4 Å².